The van der Waals surface area contributed by atoms with Crippen LogP contribution in [0.1, 0.15) is 25.0 Å². The molecule has 1 aliphatic rings. The van der Waals surface area contributed by atoms with Gasteiger partial charge < -0.3 is 15.4 Å². The Balaban J connectivity index is 1.34. The number of rotatable bonds is 6. The Hall–Kier alpha value is -3.29. The number of pyridine rings is 2. The van der Waals surface area contributed by atoms with Gasteiger partial charge in [0, 0.05) is 29.9 Å². The molecule has 0 radical (unpaired) electrons. The first kappa shape index (κ1) is 18.1. The van der Waals surface area contributed by atoms with Crippen molar-refractivity contribution in [1.82, 2.24) is 25.1 Å². The molecule has 0 saturated heterocycles. The molecule has 8 nitrogen and oxygen atoms in total. The van der Waals surface area contributed by atoms with E-state index in [1.54, 1.807) is 13.3 Å². The summed E-state index contributed by atoms with van der Waals surface area (Å²) in [5, 5.41) is 15.0. The number of nitrogens with one attached hydrogen (secondary N) is 2. The summed E-state index contributed by atoms with van der Waals surface area (Å²) in [5.41, 5.74) is 2.62. The van der Waals surface area contributed by atoms with Gasteiger partial charge in [0.25, 0.3) is 0 Å². The SMILES string of the molecule is COc1cccc(-c2ccc(N[C@H]3CC[C@H](Nc4ncc(C)nn4)C3)nc2)n1. The van der Waals surface area contributed by atoms with Crippen LogP contribution in [0.5, 0.6) is 5.88 Å². The molecule has 1 fully saturated rings. The summed E-state index contributed by atoms with van der Waals surface area (Å²) in [4.78, 5) is 13.3. The topological polar surface area (TPSA) is 97.7 Å². The van der Waals surface area contributed by atoms with Crippen LogP contribution in [-0.2, 0) is 0 Å². The lowest BCUT2D eigenvalue weighted by Gasteiger charge is -2.15. The van der Waals surface area contributed by atoms with E-state index >= 15 is 0 Å². The lowest BCUT2D eigenvalue weighted by Crippen LogP contribution is -2.22. The second-order valence-electron chi connectivity index (χ2n) is 6.92. The minimum absolute atomic E-state index is 0.335. The standard InChI is InChI=1S/C20H23N7O/c1-13-11-22-20(27-26-13)24-16-8-7-15(10-16)23-18-9-6-14(12-21-18)17-4-3-5-19(25-17)28-2/h3-6,9,11-12,15-16H,7-8,10H2,1-2H3,(H,21,23)(H,22,24,27)/t15-,16-/m0/s1. The number of nitrogens with zero attached hydrogens (tertiary/aromatic N) is 5. The molecule has 0 bridgehead atoms. The van der Waals surface area contributed by atoms with Crippen LogP contribution < -0.4 is 15.4 Å². The van der Waals surface area contributed by atoms with Crippen molar-refractivity contribution in [3.63, 3.8) is 0 Å². The average molecular weight is 377 g/mol. The third kappa shape index (κ3) is 4.33. The zero-order valence-corrected chi connectivity index (χ0v) is 16.0. The van der Waals surface area contributed by atoms with Gasteiger partial charge in [-0.1, -0.05) is 6.07 Å². The van der Waals surface area contributed by atoms with Crippen LogP contribution in [0.2, 0.25) is 0 Å². The maximum absolute atomic E-state index is 5.18. The van der Waals surface area contributed by atoms with Gasteiger partial charge in [0.1, 0.15) is 5.82 Å². The number of aromatic nitrogens is 5. The van der Waals surface area contributed by atoms with Gasteiger partial charge in [0.15, 0.2) is 0 Å². The minimum Gasteiger partial charge on any atom is -0.481 e. The highest BCUT2D eigenvalue weighted by Crippen LogP contribution is 2.25. The molecule has 1 saturated carbocycles. The van der Waals surface area contributed by atoms with Gasteiger partial charge in [-0.2, -0.15) is 5.10 Å². The Bertz CT molecular complexity index is 915. The van der Waals surface area contributed by atoms with Crippen molar-refractivity contribution in [2.45, 2.75) is 38.3 Å². The molecule has 2 atom stereocenters. The predicted molar refractivity (Wildman–Crippen MR) is 107 cm³/mol. The normalized spacial score (nSPS) is 18.6. The van der Waals surface area contributed by atoms with E-state index < -0.39 is 0 Å². The zero-order valence-electron chi connectivity index (χ0n) is 16.0. The summed E-state index contributed by atoms with van der Waals surface area (Å²) in [5.74, 6) is 2.05. The molecule has 3 heterocycles. The highest BCUT2D eigenvalue weighted by Gasteiger charge is 2.25. The molecular weight excluding hydrogens is 354 g/mol. The zero-order chi connectivity index (χ0) is 19.3. The lowest BCUT2D eigenvalue weighted by molar-refractivity contribution is 0.398. The van der Waals surface area contributed by atoms with E-state index in [-0.39, 0.29) is 0 Å². The number of hydrogen-bond acceptors (Lipinski definition) is 8. The van der Waals surface area contributed by atoms with Crippen LogP contribution >= 0.6 is 0 Å². The summed E-state index contributed by atoms with van der Waals surface area (Å²) < 4.78 is 5.18. The molecule has 3 aromatic heterocycles. The van der Waals surface area contributed by atoms with Crippen LogP contribution in [0.4, 0.5) is 11.8 Å². The molecule has 28 heavy (non-hydrogen) atoms. The minimum atomic E-state index is 0.335. The summed E-state index contributed by atoms with van der Waals surface area (Å²) in [6.07, 6.45) is 6.67. The first-order valence-electron chi connectivity index (χ1n) is 9.36. The van der Waals surface area contributed by atoms with Gasteiger partial charge in [-0.05, 0) is 44.4 Å². The Labute approximate surface area is 163 Å². The van der Waals surface area contributed by atoms with Gasteiger partial charge in [0.05, 0.1) is 24.7 Å². The van der Waals surface area contributed by atoms with Crippen LogP contribution in [0.3, 0.4) is 0 Å². The molecule has 0 amide bonds. The molecule has 4 rings (SSSR count). The Kier molecular flexibility index (Phi) is 5.27. The summed E-state index contributed by atoms with van der Waals surface area (Å²) >= 11 is 0. The molecule has 2 N–H and O–H groups in total. The molecule has 8 heteroatoms. The molecule has 0 unspecified atom stereocenters. The maximum Gasteiger partial charge on any atom is 0.242 e. The highest BCUT2D eigenvalue weighted by molar-refractivity contribution is 5.60. The van der Waals surface area contributed by atoms with E-state index in [0.29, 0.717) is 23.9 Å². The van der Waals surface area contributed by atoms with Gasteiger partial charge >= 0.3 is 0 Å². The van der Waals surface area contributed by atoms with E-state index in [1.807, 2.05) is 43.5 Å². The molecule has 0 aliphatic heterocycles. The van der Waals surface area contributed by atoms with E-state index in [0.717, 1.165) is 42.0 Å². The number of methoxy groups -OCH3 is 1. The Morgan fingerprint density at radius 3 is 2.54 bits per heavy atom. The lowest BCUT2D eigenvalue weighted by atomic mass is 10.2. The predicted octanol–water partition coefficient (Wildman–Crippen LogP) is 3.09. The monoisotopic (exact) mass is 377 g/mol. The molecule has 1 aliphatic carbocycles. The molecule has 0 spiro atoms. The van der Waals surface area contributed by atoms with Gasteiger partial charge in [-0.15, -0.1) is 5.10 Å². The van der Waals surface area contributed by atoms with Crippen molar-refractivity contribution >= 4 is 11.8 Å². The van der Waals surface area contributed by atoms with E-state index in [4.69, 9.17) is 4.74 Å². The van der Waals surface area contributed by atoms with Crippen molar-refractivity contribution in [2.24, 2.45) is 0 Å². The van der Waals surface area contributed by atoms with Crippen LogP contribution in [-0.4, -0.2) is 44.3 Å². The summed E-state index contributed by atoms with van der Waals surface area (Å²) in [6.45, 7) is 1.88. The second-order valence-corrected chi connectivity index (χ2v) is 6.92. The fraction of sp³-hybridized carbons (Fsp3) is 0.350. The van der Waals surface area contributed by atoms with Crippen LogP contribution in [0.25, 0.3) is 11.3 Å². The largest absolute Gasteiger partial charge is 0.481 e. The van der Waals surface area contributed by atoms with Gasteiger partial charge in [-0.25, -0.2) is 15.0 Å². The van der Waals surface area contributed by atoms with E-state index in [1.165, 1.54) is 0 Å². The second kappa shape index (κ2) is 8.16. The molecular formula is C20H23N7O. The molecule has 3 aromatic rings. The van der Waals surface area contributed by atoms with Crippen molar-refractivity contribution < 1.29 is 4.74 Å². The first-order valence-corrected chi connectivity index (χ1v) is 9.36. The quantitative estimate of drug-likeness (QED) is 0.676. The highest BCUT2D eigenvalue weighted by atomic mass is 16.5. The number of hydrogen-bond donors (Lipinski definition) is 2. The Morgan fingerprint density at radius 1 is 0.964 bits per heavy atom. The maximum atomic E-state index is 5.18. The fourth-order valence-electron chi connectivity index (χ4n) is 3.35. The van der Waals surface area contributed by atoms with Crippen LogP contribution in [0, 0.1) is 6.92 Å². The van der Waals surface area contributed by atoms with Crippen molar-refractivity contribution in [1.29, 1.82) is 0 Å². The van der Waals surface area contributed by atoms with Gasteiger partial charge in [-0.3, -0.25) is 0 Å². The Morgan fingerprint density at radius 2 is 1.82 bits per heavy atom. The fourth-order valence-corrected chi connectivity index (χ4v) is 3.35. The van der Waals surface area contributed by atoms with E-state index in [2.05, 4.69) is 35.8 Å². The van der Waals surface area contributed by atoms with Gasteiger partial charge in [0.2, 0.25) is 11.8 Å². The smallest absolute Gasteiger partial charge is 0.242 e. The average Bonchev–Trinajstić information content (AvgIpc) is 3.17. The third-order valence-electron chi connectivity index (χ3n) is 4.79. The summed E-state index contributed by atoms with van der Waals surface area (Å²) in [7, 11) is 1.61. The molecule has 144 valence electrons. The number of ether oxygens (including phenoxy) is 1. The first-order chi connectivity index (χ1) is 13.7. The molecule has 0 aromatic carbocycles. The third-order valence-corrected chi connectivity index (χ3v) is 4.79. The van der Waals surface area contributed by atoms with Crippen molar-refractivity contribution in [3.8, 4) is 17.1 Å². The number of anilines is 2. The van der Waals surface area contributed by atoms with Crippen LogP contribution in [0.15, 0.2) is 42.7 Å². The number of aryl methyl sites for hydroxylation is 1. The van der Waals surface area contributed by atoms with Crippen molar-refractivity contribution in [2.75, 3.05) is 17.7 Å². The van der Waals surface area contributed by atoms with Crippen molar-refractivity contribution in [3.05, 3.63) is 48.4 Å². The summed E-state index contributed by atoms with van der Waals surface area (Å²) in [6, 6.07) is 10.4. The van der Waals surface area contributed by atoms with E-state index in [9.17, 15) is 0 Å².